The highest BCUT2D eigenvalue weighted by atomic mass is 16.5. The van der Waals surface area contributed by atoms with Crippen molar-refractivity contribution in [2.45, 2.75) is 51.2 Å². The summed E-state index contributed by atoms with van der Waals surface area (Å²) < 4.78 is 5.43. The monoisotopic (exact) mass is 240 g/mol. The van der Waals surface area contributed by atoms with Gasteiger partial charge >= 0.3 is 0 Å². The second-order valence-electron chi connectivity index (χ2n) is 5.41. The van der Waals surface area contributed by atoms with Crippen LogP contribution in [-0.4, -0.2) is 49.2 Å². The molecule has 2 rings (SSSR count). The molecule has 4 nitrogen and oxygen atoms in total. The van der Waals surface area contributed by atoms with Gasteiger partial charge in [0.15, 0.2) is 0 Å². The van der Waals surface area contributed by atoms with Crippen LogP contribution in [0.15, 0.2) is 0 Å². The van der Waals surface area contributed by atoms with Gasteiger partial charge in [0.05, 0.1) is 19.1 Å². The minimum atomic E-state index is 0.00278. The maximum absolute atomic E-state index is 12.6. The van der Waals surface area contributed by atoms with Gasteiger partial charge in [-0.3, -0.25) is 4.79 Å². The van der Waals surface area contributed by atoms with E-state index in [-0.39, 0.29) is 17.9 Å². The number of likely N-dealkylation sites (N-methyl/N-ethyl adjacent to an activating group) is 1. The van der Waals surface area contributed by atoms with Crippen molar-refractivity contribution in [1.82, 2.24) is 10.2 Å². The number of hydrogen-bond donors (Lipinski definition) is 1. The number of amides is 1. The Bertz CT molecular complexity index is 273. The number of ether oxygens (including phenoxy) is 1. The van der Waals surface area contributed by atoms with Gasteiger partial charge in [-0.15, -0.1) is 0 Å². The van der Waals surface area contributed by atoms with Crippen LogP contribution in [0.2, 0.25) is 0 Å². The summed E-state index contributed by atoms with van der Waals surface area (Å²) in [4.78, 5) is 14.7. The molecule has 1 N–H and O–H groups in total. The minimum Gasteiger partial charge on any atom is -0.379 e. The molecule has 98 valence electrons. The van der Waals surface area contributed by atoms with Crippen LogP contribution >= 0.6 is 0 Å². The van der Waals surface area contributed by atoms with Gasteiger partial charge in [0.25, 0.3) is 0 Å². The average molecular weight is 240 g/mol. The first-order valence-corrected chi connectivity index (χ1v) is 6.72. The molecule has 0 aromatic rings. The van der Waals surface area contributed by atoms with E-state index in [9.17, 15) is 4.79 Å². The Labute approximate surface area is 104 Å². The predicted octanol–water partition coefficient (Wildman–Crippen LogP) is 1.01. The first-order valence-electron chi connectivity index (χ1n) is 6.72. The molecule has 0 aromatic heterocycles. The zero-order valence-electron chi connectivity index (χ0n) is 11.1. The van der Waals surface area contributed by atoms with Gasteiger partial charge in [0.1, 0.15) is 0 Å². The Morgan fingerprint density at radius 2 is 1.88 bits per heavy atom. The molecular formula is C13H24N2O2. The van der Waals surface area contributed by atoms with Crippen molar-refractivity contribution in [3.8, 4) is 0 Å². The Balaban J connectivity index is 2.07. The zero-order chi connectivity index (χ0) is 12.4. The molecule has 0 aliphatic carbocycles. The van der Waals surface area contributed by atoms with E-state index in [1.165, 1.54) is 6.42 Å². The second kappa shape index (κ2) is 5.36. The van der Waals surface area contributed by atoms with Gasteiger partial charge in [-0.25, -0.2) is 0 Å². The van der Waals surface area contributed by atoms with E-state index in [1.54, 1.807) is 0 Å². The van der Waals surface area contributed by atoms with E-state index in [2.05, 4.69) is 24.1 Å². The largest absolute Gasteiger partial charge is 0.379 e. The molecule has 0 spiro atoms. The van der Waals surface area contributed by atoms with Crippen LogP contribution in [-0.2, 0) is 9.53 Å². The van der Waals surface area contributed by atoms with Crippen molar-refractivity contribution in [2.24, 2.45) is 5.92 Å². The summed E-state index contributed by atoms with van der Waals surface area (Å²) in [6.07, 6.45) is 3.50. The summed E-state index contributed by atoms with van der Waals surface area (Å²) in [5.41, 5.74) is 0. The van der Waals surface area contributed by atoms with Crippen molar-refractivity contribution in [3.63, 3.8) is 0 Å². The number of carbonyl (C=O) groups is 1. The summed E-state index contributed by atoms with van der Waals surface area (Å²) in [6.45, 7) is 5.55. The van der Waals surface area contributed by atoms with E-state index in [0.29, 0.717) is 25.3 Å². The smallest absolute Gasteiger partial charge is 0.230 e. The van der Waals surface area contributed by atoms with Crippen LogP contribution in [0.5, 0.6) is 0 Å². The molecule has 2 heterocycles. The summed E-state index contributed by atoms with van der Waals surface area (Å²) in [7, 11) is 1.91. The highest BCUT2D eigenvalue weighted by Crippen LogP contribution is 2.26. The standard InChI is InChI=1S/C13H24N2O2/c1-9-5-4-6-10(2)15(9)13(16)11-7-17-8-12(11)14-3/h9-12,14H,4-8H2,1-3H3. The molecule has 2 aliphatic heterocycles. The Morgan fingerprint density at radius 3 is 2.47 bits per heavy atom. The van der Waals surface area contributed by atoms with Crippen LogP contribution in [0.3, 0.4) is 0 Å². The summed E-state index contributed by atoms with van der Waals surface area (Å²) in [5.74, 6) is 0.282. The lowest BCUT2D eigenvalue weighted by Crippen LogP contribution is -2.53. The fraction of sp³-hybridized carbons (Fsp3) is 0.923. The van der Waals surface area contributed by atoms with Crippen molar-refractivity contribution in [3.05, 3.63) is 0 Å². The fourth-order valence-corrected chi connectivity index (χ4v) is 3.13. The summed E-state index contributed by atoms with van der Waals surface area (Å²) >= 11 is 0. The lowest BCUT2D eigenvalue weighted by molar-refractivity contribution is -0.142. The number of piperidine rings is 1. The number of rotatable bonds is 2. The van der Waals surface area contributed by atoms with Gasteiger partial charge in [0.2, 0.25) is 5.91 Å². The summed E-state index contributed by atoms with van der Waals surface area (Å²) in [6, 6.07) is 0.942. The Hall–Kier alpha value is -0.610. The number of carbonyl (C=O) groups excluding carboxylic acids is 1. The molecule has 4 unspecified atom stereocenters. The molecule has 0 bridgehead atoms. The van der Waals surface area contributed by atoms with Gasteiger partial charge < -0.3 is 15.0 Å². The topological polar surface area (TPSA) is 41.6 Å². The normalized spacial score (nSPS) is 38.4. The predicted molar refractivity (Wildman–Crippen MR) is 66.8 cm³/mol. The maximum atomic E-state index is 12.6. The second-order valence-corrected chi connectivity index (χ2v) is 5.41. The number of likely N-dealkylation sites (tertiary alicyclic amines) is 1. The lowest BCUT2D eigenvalue weighted by atomic mass is 9.93. The quantitative estimate of drug-likeness (QED) is 0.783. The average Bonchev–Trinajstić information content (AvgIpc) is 2.76. The van der Waals surface area contributed by atoms with Crippen LogP contribution in [0.25, 0.3) is 0 Å². The van der Waals surface area contributed by atoms with E-state index >= 15 is 0 Å². The van der Waals surface area contributed by atoms with Crippen LogP contribution in [0, 0.1) is 5.92 Å². The first kappa shape index (κ1) is 12.8. The Kier molecular flexibility index (Phi) is 4.05. The molecule has 2 aliphatic rings. The maximum Gasteiger partial charge on any atom is 0.230 e. The molecule has 1 amide bonds. The first-order chi connectivity index (χ1) is 8.15. The molecule has 0 aromatic carbocycles. The molecule has 2 fully saturated rings. The van der Waals surface area contributed by atoms with E-state index in [0.717, 1.165) is 12.8 Å². The third-order valence-electron chi connectivity index (χ3n) is 4.22. The van der Waals surface area contributed by atoms with Crippen LogP contribution < -0.4 is 5.32 Å². The summed E-state index contributed by atoms with van der Waals surface area (Å²) in [5, 5.41) is 3.19. The number of hydrogen-bond acceptors (Lipinski definition) is 3. The zero-order valence-corrected chi connectivity index (χ0v) is 11.1. The van der Waals surface area contributed by atoms with Gasteiger partial charge in [0, 0.05) is 18.1 Å². The van der Waals surface area contributed by atoms with Crippen molar-refractivity contribution in [1.29, 1.82) is 0 Å². The minimum absolute atomic E-state index is 0.00278. The van der Waals surface area contributed by atoms with Gasteiger partial charge in [-0.1, -0.05) is 0 Å². The lowest BCUT2D eigenvalue weighted by Gasteiger charge is -2.41. The molecule has 0 radical (unpaired) electrons. The van der Waals surface area contributed by atoms with Crippen LogP contribution in [0.4, 0.5) is 0 Å². The Morgan fingerprint density at radius 1 is 1.24 bits per heavy atom. The molecule has 0 saturated carbocycles. The van der Waals surface area contributed by atoms with Gasteiger partial charge in [-0.05, 0) is 40.2 Å². The van der Waals surface area contributed by atoms with E-state index < -0.39 is 0 Å². The highest BCUT2D eigenvalue weighted by Gasteiger charge is 2.39. The SMILES string of the molecule is CNC1COCC1C(=O)N1C(C)CCCC1C. The molecule has 4 heteroatoms. The molecule has 17 heavy (non-hydrogen) atoms. The van der Waals surface area contributed by atoms with E-state index in [4.69, 9.17) is 4.74 Å². The van der Waals surface area contributed by atoms with Crippen molar-refractivity contribution < 1.29 is 9.53 Å². The number of nitrogens with zero attached hydrogens (tertiary/aromatic N) is 1. The third kappa shape index (κ3) is 2.47. The third-order valence-corrected chi connectivity index (χ3v) is 4.22. The van der Waals surface area contributed by atoms with E-state index in [1.807, 2.05) is 7.05 Å². The molecule has 4 atom stereocenters. The fourth-order valence-electron chi connectivity index (χ4n) is 3.13. The van der Waals surface area contributed by atoms with Crippen LogP contribution in [0.1, 0.15) is 33.1 Å². The van der Waals surface area contributed by atoms with Crippen molar-refractivity contribution in [2.75, 3.05) is 20.3 Å². The van der Waals surface area contributed by atoms with Crippen molar-refractivity contribution >= 4 is 5.91 Å². The molecular weight excluding hydrogens is 216 g/mol. The molecule has 2 saturated heterocycles. The van der Waals surface area contributed by atoms with Gasteiger partial charge in [-0.2, -0.15) is 0 Å². The highest BCUT2D eigenvalue weighted by molar-refractivity contribution is 5.80. The number of nitrogens with one attached hydrogen (secondary N) is 1.